The first-order valence-corrected chi connectivity index (χ1v) is 7.80. The van der Waals surface area contributed by atoms with E-state index >= 15 is 0 Å². The highest BCUT2D eigenvalue weighted by molar-refractivity contribution is 6.31. The number of imidazole rings is 1. The van der Waals surface area contributed by atoms with Crippen molar-refractivity contribution < 1.29 is 14.3 Å². The molecule has 0 atom stereocenters. The monoisotopic (exact) mass is 352 g/mol. The SMILES string of the molecule is CN(CC(=O)Nc1nc2cc(Cl)ccc2n1C)C(=O)OC(C)(C)C. The average molecular weight is 353 g/mol. The van der Waals surface area contributed by atoms with E-state index in [1.54, 1.807) is 44.5 Å². The van der Waals surface area contributed by atoms with Crippen molar-refractivity contribution in [3.05, 3.63) is 23.2 Å². The van der Waals surface area contributed by atoms with Crippen LogP contribution < -0.4 is 5.32 Å². The zero-order valence-corrected chi connectivity index (χ0v) is 15.1. The number of hydrogen-bond donors (Lipinski definition) is 1. The number of hydrogen-bond acceptors (Lipinski definition) is 4. The highest BCUT2D eigenvalue weighted by Gasteiger charge is 2.21. The summed E-state index contributed by atoms with van der Waals surface area (Å²) in [6, 6.07) is 5.31. The number of aromatic nitrogens is 2. The molecule has 1 heterocycles. The van der Waals surface area contributed by atoms with Gasteiger partial charge in [-0.3, -0.25) is 10.1 Å². The molecule has 0 saturated heterocycles. The summed E-state index contributed by atoms with van der Waals surface area (Å²) in [6.45, 7) is 5.16. The number of aryl methyl sites for hydroxylation is 1. The first kappa shape index (κ1) is 18.1. The summed E-state index contributed by atoms with van der Waals surface area (Å²) in [4.78, 5) is 29.6. The third-order valence-corrected chi connectivity index (χ3v) is 3.42. The van der Waals surface area contributed by atoms with Crippen LogP contribution in [0.5, 0.6) is 0 Å². The maximum Gasteiger partial charge on any atom is 0.410 e. The molecule has 7 nitrogen and oxygen atoms in total. The van der Waals surface area contributed by atoms with Crippen molar-refractivity contribution >= 4 is 40.6 Å². The Morgan fingerprint density at radius 2 is 2.04 bits per heavy atom. The molecule has 0 unspecified atom stereocenters. The lowest BCUT2D eigenvalue weighted by atomic mass is 10.2. The quantitative estimate of drug-likeness (QED) is 0.921. The summed E-state index contributed by atoms with van der Waals surface area (Å²) in [6.07, 6.45) is -0.561. The molecule has 2 amide bonds. The predicted molar refractivity (Wildman–Crippen MR) is 93.2 cm³/mol. The summed E-state index contributed by atoms with van der Waals surface area (Å²) in [5.74, 6) is 0.0164. The van der Waals surface area contributed by atoms with Crippen molar-refractivity contribution in [1.29, 1.82) is 0 Å². The number of halogens is 1. The molecular formula is C16H21ClN4O3. The van der Waals surface area contributed by atoms with Crippen LogP contribution in [0.1, 0.15) is 20.8 Å². The highest BCUT2D eigenvalue weighted by Crippen LogP contribution is 2.21. The Morgan fingerprint density at radius 3 is 2.67 bits per heavy atom. The molecule has 24 heavy (non-hydrogen) atoms. The van der Waals surface area contributed by atoms with Crippen molar-refractivity contribution in [2.45, 2.75) is 26.4 Å². The van der Waals surface area contributed by atoms with Gasteiger partial charge in [-0.15, -0.1) is 0 Å². The maximum atomic E-state index is 12.1. The molecule has 0 aliphatic heterocycles. The molecule has 0 bridgehead atoms. The van der Waals surface area contributed by atoms with E-state index in [1.807, 2.05) is 6.07 Å². The minimum absolute atomic E-state index is 0.140. The van der Waals surface area contributed by atoms with Gasteiger partial charge in [0.1, 0.15) is 12.1 Å². The molecule has 0 radical (unpaired) electrons. The van der Waals surface area contributed by atoms with Crippen LogP contribution in [0.25, 0.3) is 11.0 Å². The first-order valence-electron chi connectivity index (χ1n) is 7.43. The number of anilines is 1. The van der Waals surface area contributed by atoms with Crippen LogP contribution in [0.2, 0.25) is 5.02 Å². The standard InChI is InChI=1S/C16H21ClN4O3/c1-16(2,3)24-15(23)20(4)9-13(22)19-14-18-11-8-10(17)6-7-12(11)21(14)5/h6-8H,9H2,1-5H3,(H,18,19,22). The van der Waals surface area contributed by atoms with Crippen LogP contribution in [-0.4, -0.2) is 45.6 Å². The van der Waals surface area contributed by atoms with E-state index in [4.69, 9.17) is 16.3 Å². The number of carbonyl (C=O) groups is 2. The second kappa shape index (κ2) is 6.68. The van der Waals surface area contributed by atoms with Crippen LogP contribution in [0.15, 0.2) is 18.2 Å². The summed E-state index contributed by atoms with van der Waals surface area (Å²) < 4.78 is 6.95. The number of carbonyl (C=O) groups excluding carboxylic acids is 2. The third-order valence-electron chi connectivity index (χ3n) is 3.18. The van der Waals surface area contributed by atoms with Crippen molar-refractivity contribution in [2.24, 2.45) is 7.05 Å². The molecule has 0 aliphatic carbocycles. The van der Waals surface area contributed by atoms with E-state index in [1.165, 1.54) is 11.9 Å². The van der Waals surface area contributed by atoms with E-state index in [9.17, 15) is 9.59 Å². The van der Waals surface area contributed by atoms with Crippen LogP contribution in [0.4, 0.5) is 10.7 Å². The van der Waals surface area contributed by atoms with Crippen molar-refractivity contribution in [3.8, 4) is 0 Å². The zero-order valence-electron chi connectivity index (χ0n) is 14.4. The summed E-state index contributed by atoms with van der Waals surface area (Å²) in [5, 5.41) is 3.26. The Bertz CT molecular complexity index is 779. The van der Waals surface area contributed by atoms with Gasteiger partial charge in [-0.25, -0.2) is 9.78 Å². The number of benzene rings is 1. The Kier molecular flexibility index (Phi) is 5.03. The largest absolute Gasteiger partial charge is 0.444 e. The van der Waals surface area contributed by atoms with Gasteiger partial charge in [0, 0.05) is 19.1 Å². The fourth-order valence-corrected chi connectivity index (χ4v) is 2.24. The smallest absolute Gasteiger partial charge is 0.410 e. The highest BCUT2D eigenvalue weighted by atomic mass is 35.5. The number of amides is 2. The second-order valence-corrected chi connectivity index (χ2v) is 6.95. The Hall–Kier alpha value is -2.28. The van der Waals surface area contributed by atoms with Crippen molar-refractivity contribution in [1.82, 2.24) is 14.5 Å². The van der Waals surface area contributed by atoms with Gasteiger partial charge in [0.2, 0.25) is 11.9 Å². The third kappa shape index (κ3) is 4.38. The zero-order chi connectivity index (χ0) is 18.1. The molecule has 2 aromatic rings. The molecule has 0 spiro atoms. The van der Waals surface area contributed by atoms with E-state index in [-0.39, 0.29) is 12.5 Å². The van der Waals surface area contributed by atoms with Gasteiger partial charge in [-0.05, 0) is 39.0 Å². The molecule has 1 aromatic heterocycles. The minimum Gasteiger partial charge on any atom is -0.444 e. The normalized spacial score (nSPS) is 11.4. The second-order valence-electron chi connectivity index (χ2n) is 6.51. The minimum atomic E-state index is -0.613. The van der Waals surface area contributed by atoms with Gasteiger partial charge in [-0.2, -0.15) is 0 Å². The van der Waals surface area contributed by atoms with Gasteiger partial charge in [0.25, 0.3) is 0 Å². The lowest BCUT2D eigenvalue weighted by Gasteiger charge is -2.24. The Balaban J connectivity index is 2.05. The predicted octanol–water partition coefficient (Wildman–Crippen LogP) is 3.03. The number of nitrogens with zero attached hydrogens (tertiary/aromatic N) is 3. The molecule has 0 saturated carbocycles. The number of rotatable bonds is 3. The maximum absolute atomic E-state index is 12.1. The van der Waals surface area contributed by atoms with Gasteiger partial charge in [-0.1, -0.05) is 11.6 Å². The van der Waals surface area contributed by atoms with Gasteiger partial charge >= 0.3 is 6.09 Å². The lowest BCUT2D eigenvalue weighted by Crippen LogP contribution is -2.39. The topological polar surface area (TPSA) is 76.5 Å². The molecule has 1 N–H and O–H groups in total. The van der Waals surface area contributed by atoms with Gasteiger partial charge < -0.3 is 14.2 Å². The first-order chi connectivity index (χ1) is 11.1. The molecule has 8 heteroatoms. The Morgan fingerprint density at radius 1 is 1.38 bits per heavy atom. The molecule has 0 fully saturated rings. The van der Waals surface area contributed by atoms with E-state index in [2.05, 4.69) is 10.3 Å². The van der Waals surface area contributed by atoms with Gasteiger partial charge in [0.15, 0.2) is 0 Å². The van der Waals surface area contributed by atoms with Crippen molar-refractivity contribution in [2.75, 3.05) is 18.9 Å². The number of likely N-dealkylation sites (N-methyl/N-ethyl adjacent to an activating group) is 1. The van der Waals surface area contributed by atoms with Crippen LogP contribution in [-0.2, 0) is 16.6 Å². The van der Waals surface area contributed by atoms with Crippen LogP contribution >= 0.6 is 11.6 Å². The number of nitrogens with one attached hydrogen (secondary N) is 1. The lowest BCUT2D eigenvalue weighted by molar-refractivity contribution is -0.117. The average Bonchev–Trinajstić information content (AvgIpc) is 2.72. The van der Waals surface area contributed by atoms with Crippen LogP contribution in [0.3, 0.4) is 0 Å². The van der Waals surface area contributed by atoms with Gasteiger partial charge in [0.05, 0.1) is 11.0 Å². The Labute approximate surface area is 145 Å². The molecule has 130 valence electrons. The van der Waals surface area contributed by atoms with E-state index in [0.29, 0.717) is 16.5 Å². The van der Waals surface area contributed by atoms with E-state index in [0.717, 1.165) is 5.52 Å². The molecule has 1 aromatic carbocycles. The number of ether oxygens (including phenoxy) is 1. The van der Waals surface area contributed by atoms with Crippen molar-refractivity contribution in [3.63, 3.8) is 0 Å². The fourth-order valence-electron chi connectivity index (χ4n) is 2.07. The molecule has 0 aliphatic rings. The summed E-state index contributed by atoms with van der Waals surface area (Å²) >= 11 is 5.95. The number of fused-ring (bicyclic) bond motifs is 1. The molecule has 2 rings (SSSR count). The molecular weight excluding hydrogens is 332 g/mol. The van der Waals surface area contributed by atoms with Crippen LogP contribution in [0, 0.1) is 0 Å². The summed E-state index contributed by atoms with van der Waals surface area (Å²) in [7, 11) is 3.29. The van der Waals surface area contributed by atoms with E-state index < -0.39 is 11.7 Å². The fraction of sp³-hybridized carbons (Fsp3) is 0.438. The summed E-state index contributed by atoms with van der Waals surface area (Å²) in [5.41, 5.74) is 0.911.